The van der Waals surface area contributed by atoms with Crippen molar-refractivity contribution in [2.24, 2.45) is 0 Å². The normalized spacial score (nSPS) is 11.4. The van der Waals surface area contributed by atoms with Crippen molar-refractivity contribution < 1.29 is 23.9 Å². The zero-order valence-electron chi connectivity index (χ0n) is 15.0. The predicted octanol–water partition coefficient (Wildman–Crippen LogP) is 2.97. The molecule has 0 saturated carbocycles. The Kier molecular flexibility index (Phi) is 5.84. The van der Waals surface area contributed by atoms with Gasteiger partial charge in [0.2, 0.25) is 0 Å². The first-order chi connectivity index (χ1) is 13.0. The van der Waals surface area contributed by atoms with Gasteiger partial charge in [0.05, 0.1) is 7.11 Å². The third-order valence-corrected chi connectivity index (χ3v) is 4.62. The highest BCUT2D eigenvalue weighted by atomic mass is 19.1. The van der Waals surface area contributed by atoms with Crippen LogP contribution in [0.2, 0.25) is 0 Å². The molecular formula is C22H22F2NO2+. The van der Waals surface area contributed by atoms with E-state index in [2.05, 4.69) is 0 Å². The van der Waals surface area contributed by atoms with E-state index in [0.717, 1.165) is 11.3 Å². The highest BCUT2D eigenvalue weighted by Gasteiger charge is 2.33. The molecule has 0 amide bonds. The lowest BCUT2D eigenvalue weighted by atomic mass is 9.86. The fourth-order valence-electron chi connectivity index (χ4n) is 3.06. The molecule has 0 radical (unpaired) electrons. The van der Waals surface area contributed by atoms with Gasteiger partial charge in [0.15, 0.2) is 5.60 Å². The van der Waals surface area contributed by atoms with E-state index in [1.807, 2.05) is 29.6 Å². The van der Waals surface area contributed by atoms with Gasteiger partial charge in [-0.15, -0.1) is 0 Å². The predicted molar refractivity (Wildman–Crippen MR) is 99.3 cm³/mol. The molecule has 0 aliphatic carbocycles. The largest absolute Gasteiger partial charge is 0.497 e. The van der Waals surface area contributed by atoms with Crippen LogP contribution in [0.25, 0.3) is 0 Å². The van der Waals surface area contributed by atoms with Crippen LogP contribution in [-0.2, 0) is 12.1 Å². The third kappa shape index (κ3) is 4.51. The van der Waals surface area contributed by atoms with Gasteiger partial charge in [-0.2, -0.15) is 0 Å². The Hall–Kier alpha value is -2.76. The Balaban J connectivity index is 1.81. The van der Waals surface area contributed by atoms with Gasteiger partial charge in [0.25, 0.3) is 0 Å². The van der Waals surface area contributed by atoms with E-state index < -0.39 is 5.60 Å². The number of nitrogens with two attached hydrogens (primary N) is 1. The van der Waals surface area contributed by atoms with Gasteiger partial charge < -0.3 is 15.2 Å². The summed E-state index contributed by atoms with van der Waals surface area (Å²) < 4.78 is 31.8. The Morgan fingerprint density at radius 1 is 0.815 bits per heavy atom. The molecule has 3 nitrogen and oxygen atoms in total. The minimum atomic E-state index is -1.37. The average molecular weight is 370 g/mol. The first kappa shape index (κ1) is 19.0. The monoisotopic (exact) mass is 370 g/mol. The maximum absolute atomic E-state index is 13.3. The van der Waals surface area contributed by atoms with Gasteiger partial charge in [-0.05, 0) is 59.7 Å². The standard InChI is InChI=1S/C22H21F2NO2/c1-27-21-12-2-16(3-13-21)14-25-15-22(26,17-4-8-19(23)9-5-17)18-6-10-20(24)11-7-18/h2-13,25-26H,14-15H2,1H3/p+1. The summed E-state index contributed by atoms with van der Waals surface area (Å²) >= 11 is 0. The smallest absolute Gasteiger partial charge is 0.163 e. The first-order valence-corrected chi connectivity index (χ1v) is 8.70. The van der Waals surface area contributed by atoms with E-state index in [1.165, 1.54) is 24.3 Å². The lowest BCUT2D eigenvalue weighted by Gasteiger charge is -2.28. The first-order valence-electron chi connectivity index (χ1n) is 8.70. The van der Waals surface area contributed by atoms with Gasteiger partial charge in [-0.3, -0.25) is 0 Å². The second kappa shape index (κ2) is 8.29. The number of benzene rings is 3. The number of methoxy groups -OCH3 is 1. The van der Waals surface area contributed by atoms with Gasteiger partial charge in [-0.25, -0.2) is 8.78 Å². The molecule has 27 heavy (non-hydrogen) atoms. The average Bonchev–Trinajstić information content (AvgIpc) is 2.69. The lowest BCUT2D eigenvalue weighted by molar-refractivity contribution is -0.682. The number of quaternary nitrogens is 1. The summed E-state index contributed by atoms with van der Waals surface area (Å²) in [7, 11) is 1.62. The highest BCUT2D eigenvalue weighted by Crippen LogP contribution is 2.28. The fourth-order valence-corrected chi connectivity index (χ4v) is 3.06. The SMILES string of the molecule is COc1ccc(C[NH2+]CC(O)(c2ccc(F)cc2)c2ccc(F)cc2)cc1. The summed E-state index contributed by atoms with van der Waals surface area (Å²) in [5, 5.41) is 13.4. The van der Waals surface area contributed by atoms with E-state index in [4.69, 9.17) is 4.74 Å². The Bertz CT molecular complexity index is 817. The number of hydrogen-bond donors (Lipinski definition) is 2. The summed E-state index contributed by atoms with van der Waals surface area (Å²) in [5.74, 6) is 0.0396. The van der Waals surface area contributed by atoms with E-state index in [-0.39, 0.29) is 11.6 Å². The Labute approximate surface area is 157 Å². The molecule has 0 fully saturated rings. The maximum Gasteiger partial charge on any atom is 0.163 e. The summed E-state index contributed by atoms with van der Waals surface area (Å²) in [6.07, 6.45) is 0. The zero-order chi connectivity index (χ0) is 19.3. The van der Waals surface area contributed by atoms with Crippen molar-refractivity contribution >= 4 is 0 Å². The summed E-state index contributed by atoms with van der Waals surface area (Å²) in [6, 6.07) is 19.2. The molecule has 3 aromatic carbocycles. The molecule has 0 heterocycles. The topological polar surface area (TPSA) is 46.1 Å². The van der Waals surface area contributed by atoms with Crippen LogP contribution >= 0.6 is 0 Å². The molecule has 3 rings (SSSR count). The van der Waals surface area contributed by atoms with Crippen LogP contribution in [0.15, 0.2) is 72.8 Å². The zero-order valence-corrected chi connectivity index (χ0v) is 15.0. The lowest BCUT2D eigenvalue weighted by Crippen LogP contribution is -2.86. The molecular weight excluding hydrogens is 348 g/mol. The summed E-state index contributed by atoms with van der Waals surface area (Å²) in [5.41, 5.74) is 0.827. The van der Waals surface area contributed by atoms with Crippen LogP contribution in [0, 0.1) is 11.6 Å². The molecule has 0 aliphatic rings. The Morgan fingerprint density at radius 2 is 1.30 bits per heavy atom. The van der Waals surface area contributed by atoms with Gasteiger partial charge in [-0.1, -0.05) is 24.3 Å². The fraction of sp³-hybridized carbons (Fsp3) is 0.182. The quantitative estimate of drug-likeness (QED) is 0.672. The molecule has 0 unspecified atom stereocenters. The van der Waals surface area contributed by atoms with Gasteiger partial charge in [0, 0.05) is 5.56 Å². The highest BCUT2D eigenvalue weighted by molar-refractivity contribution is 5.36. The van der Waals surface area contributed by atoms with E-state index in [0.29, 0.717) is 24.2 Å². The van der Waals surface area contributed by atoms with Crippen LogP contribution in [0.1, 0.15) is 16.7 Å². The van der Waals surface area contributed by atoms with Crippen molar-refractivity contribution in [2.45, 2.75) is 12.1 Å². The van der Waals surface area contributed by atoms with Gasteiger partial charge >= 0.3 is 0 Å². The Morgan fingerprint density at radius 3 is 1.74 bits per heavy atom. The summed E-state index contributed by atoms with van der Waals surface area (Å²) in [4.78, 5) is 0. The second-order valence-corrected chi connectivity index (χ2v) is 6.42. The molecule has 140 valence electrons. The van der Waals surface area contributed by atoms with Gasteiger partial charge in [0.1, 0.15) is 30.5 Å². The molecule has 0 aliphatic heterocycles. The van der Waals surface area contributed by atoms with E-state index >= 15 is 0 Å². The molecule has 0 saturated heterocycles. The molecule has 5 heteroatoms. The number of ether oxygens (including phenoxy) is 1. The second-order valence-electron chi connectivity index (χ2n) is 6.42. The molecule has 0 bridgehead atoms. The maximum atomic E-state index is 13.3. The summed E-state index contributed by atoms with van der Waals surface area (Å²) in [6.45, 7) is 0.949. The van der Waals surface area contributed by atoms with Crippen LogP contribution < -0.4 is 10.1 Å². The number of halogens is 2. The van der Waals surface area contributed by atoms with Crippen molar-refractivity contribution in [2.75, 3.05) is 13.7 Å². The van der Waals surface area contributed by atoms with Crippen molar-refractivity contribution in [3.8, 4) is 5.75 Å². The molecule has 3 aromatic rings. The van der Waals surface area contributed by atoms with Crippen LogP contribution in [0.5, 0.6) is 5.75 Å². The minimum absolute atomic E-state index is 0.302. The van der Waals surface area contributed by atoms with Crippen molar-refractivity contribution in [1.29, 1.82) is 0 Å². The van der Waals surface area contributed by atoms with Crippen LogP contribution in [-0.4, -0.2) is 18.8 Å². The van der Waals surface area contributed by atoms with Crippen molar-refractivity contribution in [3.05, 3.63) is 101 Å². The van der Waals surface area contributed by atoms with E-state index in [1.54, 1.807) is 31.4 Å². The van der Waals surface area contributed by atoms with Crippen molar-refractivity contribution in [3.63, 3.8) is 0 Å². The van der Waals surface area contributed by atoms with E-state index in [9.17, 15) is 13.9 Å². The van der Waals surface area contributed by atoms with Crippen LogP contribution in [0.3, 0.4) is 0 Å². The molecule has 3 N–H and O–H groups in total. The van der Waals surface area contributed by atoms with Crippen molar-refractivity contribution in [1.82, 2.24) is 0 Å². The van der Waals surface area contributed by atoms with Crippen LogP contribution in [0.4, 0.5) is 8.78 Å². The minimum Gasteiger partial charge on any atom is -0.497 e. The number of aliphatic hydroxyl groups is 1. The molecule has 0 aromatic heterocycles. The third-order valence-electron chi connectivity index (χ3n) is 4.62. The number of rotatable bonds is 7. The molecule has 0 spiro atoms. The molecule has 0 atom stereocenters. The number of hydrogen-bond acceptors (Lipinski definition) is 2.